The Labute approximate surface area is 296 Å². The van der Waals surface area contributed by atoms with Crippen LogP contribution in [0.25, 0.3) is 0 Å². The minimum Gasteiger partial charge on any atom is -0.398 e. The Morgan fingerprint density at radius 2 is 1.77 bits per heavy atom. The third-order valence-electron chi connectivity index (χ3n) is 11.4. The van der Waals surface area contributed by atoms with Gasteiger partial charge in [0.1, 0.15) is 0 Å². The van der Waals surface area contributed by atoms with Crippen molar-refractivity contribution in [3.8, 4) is 0 Å². The van der Waals surface area contributed by atoms with Crippen molar-refractivity contribution >= 4 is 63.1 Å². The molecule has 8 rings (SSSR count). The fraction of sp³-hybridized carbons (Fsp3) is 0.629. The summed E-state index contributed by atoms with van der Waals surface area (Å²) in [5, 5.41) is 5.03. The molecule has 2 atom stereocenters. The number of carbonyl (C=O) groups is 3. The van der Waals surface area contributed by atoms with Crippen LogP contribution in [-0.4, -0.2) is 113 Å². The van der Waals surface area contributed by atoms with Gasteiger partial charge in [0, 0.05) is 78.5 Å². The van der Waals surface area contributed by atoms with Gasteiger partial charge in [-0.15, -0.1) is 11.3 Å². The normalized spacial score (nSPS) is 25.9. The molecule has 0 radical (unpaired) electrons. The Morgan fingerprint density at radius 3 is 2.45 bits per heavy atom. The van der Waals surface area contributed by atoms with Crippen molar-refractivity contribution in [2.45, 2.75) is 70.5 Å². The molecule has 5 saturated heterocycles. The summed E-state index contributed by atoms with van der Waals surface area (Å²) >= 11 is 3.95. The Balaban J connectivity index is 1.00. The molecule has 47 heavy (non-hydrogen) atoms. The second-order valence-electron chi connectivity index (χ2n) is 14.1. The molecule has 10 nitrogen and oxygen atoms in total. The first-order valence-electron chi connectivity index (χ1n) is 17.5. The molecule has 5 fully saturated rings. The molecule has 12 heteroatoms. The number of amides is 4. The number of hydrogen-bond acceptors (Lipinski definition) is 7. The van der Waals surface area contributed by atoms with Crippen LogP contribution in [-0.2, 0) is 29.0 Å². The minimum atomic E-state index is -0.419. The number of halogens is 1. The van der Waals surface area contributed by atoms with E-state index in [1.54, 1.807) is 11.3 Å². The first-order chi connectivity index (χ1) is 22.8. The lowest BCUT2D eigenvalue weighted by Gasteiger charge is -2.51. The molecule has 0 saturated carbocycles. The van der Waals surface area contributed by atoms with Crippen molar-refractivity contribution in [2.24, 2.45) is 11.8 Å². The van der Waals surface area contributed by atoms with E-state index in [0.717, 1.165) is 77.4 Å². The van der Waals surface area contributed by atoms with Crippen molar-refractivity contribution < 1.29 is 14.4 Å². The molecule has 1 unspecified atom stereocenters. The van der Waals surface area contributed by atoms with E-state index in [2.05, 4.69) is 56.8 Å². The molecule has 6 aliphatic heterocycles. The Morgan fingerprint density at radius 1 is 1.02 bits per heavy atom. The molecule has 3 N–H and O–H groups in total. The summed E-state index contributed by atoms with van der Waals surface area (Å²) in [6, 6.07) is 6.83. The van der Waals surface area contributed by atoms with Crippen LogP contribution in [0.2, 0.25) is 0 Å². The maximum atomic E-state index is 14.3. The summed E-state index contributed by atoms with van der Waals surface area (Å²) in [7, 11) is 0. The monoisotopic (exact) mass is 773 g/mol. The van der Waals surface area contributed by atoms with Crippen molar-refractivity contribution in [3.05, 3.63) is 43.2 Å². The number of fused-ring (bicyclic) bond motifs is 4. The molecule has 1 aromatic heterocycles. The molecule has 7 heterocycles. The maximum Gasteiger partial charge on any atom is 0.322 e. The number of benzene rings is 1. The molecule has 2 bridgehead atoms. The van der Waals surface area contributed by atoms with Crippen molar-refractivity contribution in [2.75, 3.05) is 70.0 Å². The molecule has 254 valence electrons. The number of anilines is 2. The highest BCUT2D eigenvalue weighted by Gasteiger charge is 2.40. The lowest BCUT2D eigenvalue weighted by molar-refractivity contribution is -0.143. The minimum absolute atomic E-state index is 0.0391. The number of nitrogens with one attached hydrogen (secondary N) is 1. The van der Waals surface area contributed by atoms with Gasteiger partial charge in [-0.3, -0.25) is 14.5 Å². The van der Waals surface area contributed by atoms with Crippen molar-refractivity contribution in [3.63, 3.8) is 0 Å². The van der Waals surface area contributed by atoms with Gasteiger partial charge in [-0.25, -0.2) is 4.79 Å². The Bertz CT molecular complexity index is 1480. The van der Waals surface area contributed by atoms with Gasteiger partial charge in [0.05, 0.1) is 18.2 Å². The average molecular weight is 774 g/mol. The summed E-state index contributed by atoms with van der Waals surface area (Å²) in [6.45, 7) is 10.8. The highest BCUT2D eigenvalue weighted by atomic mass is 127. The molecular weight excluding hydrogens is 725 g/mol. The van der Waals surface area contributed by atoms with Gasteiger partial charge >= 0.3 is 6.03 Å². The van der Waals surface area contributed by atoms with Crippen LogP contribution in [0.4, 0.5) is 16.2 Å². The summed E-state index contributed by atoms with van der Waals surface area (Å²) in [4.78, 5) is 53.2. The quantitative estimate of drug-likeness (QED) is 0.306. The molecular formula is C35H48IN7O3S. The number of nitrogens with two attached hydrogens (primary N) is 1. The number of nitrogens with zero attached hydrogens (tertiary/aromatic N) is 5. The van der Waals surface area contributed by atoms with Crippen molar-refractivity contribution in [1.29, 1.82) is 0 Å². The van der Waals surface area contributed by atoms with Crippen molar-refractivity contribution in [1.82, 2.24) is 24.5 Å². The van der Waals surface area contributed by atoms with Gasteiger partial charge < -0.3 is 30.7 Å². The molecule has 0 spiro atoms. The lowest BCUT2D eigenvalue weighted by Crippen LogP contribution is -2.61. The van der Waals surface area contributed by atoms with E-state index < -0.39 is 5.92 Å². The van der Waals surface area contributed by atoms with Crippen LogP contribution in [0.15, 0.2) is 23.6 Å². The summed E-state index contributed by atoms with van der Waals surface area (Å²) < 4.78 is 0.999. The number of urea groups is 1. The molecule has 1 aromatic carbocycles. The van der Waals surface area contributed by atoms with Gasteiger partial charge in [0.15, 0.2) is 0 Å². The van der Waals surface area contributed by atoms with Crippen LogP contribution >= 0.6 is 33.9 Å². The standard InChI is InChI=1S/C35H48IN7O3S/c1-2-24-17-23(19-28(36)33(24)37)18-26(34(45)42-14-12-40(13-15-42)30-21-39-8-3-25(30)4-9-39)20-32(44)41-10-5-27(6-11-41)43-22-31-29(7-16-47-31)38-35(43)46/h7,16-17,19,25-27,30H,2-6,8-15,18,20-22,37H2,1H3,(H,38,46)/t26-,30?/m0/s1. The second kappa shape index (κ2) is 14.2. The topological polar surface area (TPSA) is 105 Å². The molecule has 0 aliphatic carbocycles. The number of thiophene rings is 1. The van der Waals surface area contributed by atoms with E-state index in [0.29, 0.717) is 32.1 Å². The first-order valence-corrected chi connectivity index (χ1v) is 19.5. The number of piperazine rings is 1. The van der Waals surface area contributed by atoms with E-state index in [-0.39, 0.29) is 30.3 Å². The zero-order valence-electron chi connectivity index (χ0n) is 27.5. The van der Waals surface area contributed by atoms with Gasteiger partial charge in [-0.05, 0) is 109 Å². The zero-order valence-corrected chi connectivity index (χ0v) is 30.4. The Hall–Kier alpha value is -2.42. The predicted molar refractivity (Wildman–Crippen MR) is 194 cm³/mol. The first kappa shape index (κ1) is 33.1. The fourth-order valence-corrected chi connectivity index (χ4v) is 10.2. The van der Waals surface area contributed by atoms with Gasteiger partial charge in [-0.1, -0.05) is 13.0 Å². The smallest absolute Gasteiger partial charge is 0.322 e. The lowest BCUT2D eigenvalue weighted by atomic mass is 9.83. The SMILES string of the molecule is CCc1cc(C[C@@H](CC(=O)N2CCC(N3Cc4sccc4NC3=O)CC2)C(=O)N2CCN(C3CN4CCC3CC4)CC2)cc(I)c1N. The average Bonchev–Trinajstić information content (AvgIpc) is 3.56. The number of likely N-dealkylation sites (tertiary alicyclic amines) is 1. The van der Waals surface area contributed by atoms with Crippen LogP contribution in [0, 0.1) is 15.4 Å². The van der Waals surface area contributed by atoms with Crippen LogP contribution < -0.4 is 11.1 Å². The maximum absolute atomic E-state index is 14.3. The van der Waals surface area contributed by atoms with E-state index in [4.69, 9.17) is 5.73 Å². The highest BCUT2D eigenvalue weighted by molar-refractivity contribution is 14.1. The van der Waals surface area contributed by atoms with Gasteiger partial charge in [-0.2, -0.15) is 0 Å². The van der Waals surface area contributed by atoms with E-state index >= 15 is 0 Å². The predicted octanol–water partition coefficient (Wildman–Crippen LogP) is 4.32. The third kappa shape index (κ3) is 7.02. The largest absolute Gasteiger partial charge is 0.398 e. The van der Waals surface area contributed by atoms with Crippen LogP contribution in [0.5, 0.6) is 0 Å². The van der Waals surface area contributed by atoms with Gasteiger partial charge in [0.25, 0.3) is 0 Å². The Kier molecular flexibility index (Phi) is 10.0. The zero-order chi connectivity index (χ0) is 32.7. The van der Waals surface area contributed by atoms with E-state index in [1.165, 1.54) is 37.4 Å². The molecule has 2 aromatic rings. The van der Waals surface area contributed by atoms with Gasteiger partial charge in [0.2, 0.25) is 11.8 Å². The number of aryl methyl sites for hydroxylation is 1. The summed E-state index contributed by atoms with van der Waals surface area (Å²) in [5.74, 6) is 0.508. The molecule has 4 amide bonds. The highest BCUT2D eigenvalue weighted by Crippen LogP contribution is 2.33. The van der Waals surface area contributed by atoms with E-state index in [1.807, 2.05) is 26.1 Å². The summed E-state index contributed by atoms with van der Waals surface area (Å²) in [5.41, 5.74) is 10.2. The van der Waals surface area contributed by atoms with E-state index in [9.17, 15) is 14.4 Å². The fourth-order valence-electron chi connectivity index (χ4n) is 8.61. The summed E-state index contributed by atoms with van der Waals surface area (Å²) in [6.07, 6.45) is 5.65. The second-order valence-corrected chi connectivity index (χ2v) is 16.3. The number of carbonyl (C=O) groups excluding carboxylic acids is 3. The number of nitrogen functional groups attached to an aromatic ring is 1. The number of piperidine rings is 4. The molecule has 6 aliphatic rings. The third-order valence-corrected chi connectivity index (χ3v) is 13.2. The van der Waals surface area contributed by atoms with Crippen LogP contribution in [0.3, 0.4) is 0 Å². The number of rotatable bonds is 8. The number of hydrogen-bond donors (Lipinski definition) is 2. The van der Waals surface area contributed by atoms with Crippen LogP contribution in [0.1, 0.15) is 55.0 Å².